The highest BCUT2D eigenvalue weighted by molar-refractivity contribution is 7.99. The van der Waals surface area contributed by atoms with Crippen LogP contribution in [0.1, 0.15) is 32.6 Å². The number of rotatable bonds is 8. The van der Waals surface area contributed by atoms with Crippen molar-refractivity contribution in [2.24, 2.45) is 5.92 Å². The number of nitrogens with one attached hydrogen (secondary N) is 1. The maximum absolute atomic E-state index is 5.94. The Bertz CT molecular complexity index is 392. The van der Waals surface area contributed by atoms with Gasteiger partial charge in [-0.2, -0.15) is 0 Å². The maximum atomic E-state index is 5.94. The van der Waals surface area contributed by atoms with Crippen molar-refractivity contribution in [3.63, 3.8) is 0 Å². The van der Waals surface area contributed by atoms with Gasteiger partial charge in [0.15, 0.2) is 0 Å². The van der Waals surface area contributed by atoms with Crippen LogP contribution in [0.3, 0.4) is 0 Å². The van der Waals surface area contributed by atoms with E-state index in [2.05, 4.69) is 24.4 Å². The van der Waals surface area contributed by atoms with E-state index in [-0.39, 0.29) is 0 Å². The summed E-state index contributed by atoms with van der Waals surface area (Å²) in [5.41, 5.74) is 0. The van der Waals surface area contributed by atoms with Crippen LogP contribution >= 0.6 is 23.4 Å². The number of thioether (sulfide) groups is 1. The van der Waals surface area contributed by atoms with Gasteiger partial charge < -0.3 is 10.1 Å². The highest BCUT2D eigenvalue weighted by atomic mass is 35.5. The third-order valence-electron chi connectivity index (χ3n) is 3.91. The molecule has 2 rings (SSSR count). The van der Waals surface area contributed by atoms with Gasteiger partial charge in [0, 0.05) is 34.9 Å². The molecule has 0 aliphatic carbocycles. The SMILES string of the molecule is CCCNC(CSc1ccc(Cl)cc1)CC1CCOCC1. The first-order valence-electron chi connectivity index (χ1n) is 7.97. The van der Waals surface area contributed by atoms with Crippen LogP contribution in [0.5, 0.6) is 0 Å². The first-order valence-corrected chi connectivity index (χ1v) is 9.33. The molecule has 21 heavy (non-hydrogen) atoms. The Morgan fingerprint density at radius 3 is 2.67 bits per heavy atom. The molecule has 1 aliphatic rings. The zero-order valence-corrected chi connectivity index (χ0v) is 14.4. The van der Waals surface area contributed by atoms with Crippen molar-refractivity contribution in [2.75, 3.05) is 25.5 Å². The quantitative estimate of drug-likeness (QED) is 0.704. The second-order valence-corrected chi connectivity index (χ2v) is 7.24. The summed E-state index contributed by atoms with van der Waals surface area (Å²) in [6, 6.07) is 8.75. The van der Waals surface area contributed by atoms with E-state index in [1.807, 2.05) is 23.9 Å². The fourth-order valence-electron chi connectivity index (χ4n) is 2.67. The summed E-state index contributed by atoms with van der Waals surface area (Å²) in [4.78, 5) is 1.30. The van der Waals surface area contributed by atoms with Gasteiger partial charge in [-0.3, -0.25) is 0 Å². The Hall–Kier alpha value is -0.220. The summed E-state index contributed by atoms with van der Waals surface area (Å²) in [7, 11) is 0. The number of hydrogen-bond donors (Lipinski definition) is 1. The molecule has 0 bridgehead atoms. The lowest BCUT2D eigenvalue weighted by Gasteiger charge is -2.27. The van der Waals surface area contributed by atoms with Crippen LogP contribution in [0.4, 0.5) is 0 Å². The first-order chi connectivity index (χ1) is 10.3. The molecule has 118 valence electrons. The molecular weight excluding hydrogens is 302 g/mol. The Balaban J connectivity index is 1.81. The second-order valence-electron chi connectivity index (χ2n) is 5.71. The molecule has 1 saturated heterocycles. The monoisotopic (exact) mass is 327 g/mol. The van der Waals surface area contributed by atoms with Gasteiger partial charge in [0.25, 0.3) is 0 Å². The van der Waals surface area contributed by atoms with Gasteiger partial charge in [0.2, 0.25) is 0 Å². The van der Waals surface area contributed by atoms with E-state index in [0.717, 1.165) is 36.5 Å². The fourth-order valence-corrected chi connectivity index (χ4v) is 3.77. The number of ether oxygens (including phenoxy) is 1. The van der Waals surface area contributed by atoms with Crippen LogP contribution in [0, 0.1) is 5.92 Å². The normalized spacial score (nSPS) is 17.8. The van der Waals surface area contributed by atoms with Gasteiger partial charge in [-0.15, -0.1) is 11.8 Å². The minimum atomic E-state index is 0.591. The van der Waals surface area contributed by atoms with Crippen molar-refractivity contribution in [3.8, 4) is 0 Å². The minimum Gasteiger partial charge on any atom is -0.381 e. The zero-order valence-electron chi connectivity index (χ0n) is 12.8. The molecule has 2 nitrogen and oxygen atoms in total. The summed E-state index contributed by atoms with van der Waals surface area (Å²) in [5.74, 6) is 1.94. The van der Waals surface area contributed by atoms with Crippen molar-refractivity contribution in [1.82, 2.24) is 5.32 Å². The summed E-state index contributed by atoms with van der Waals surface area (Å²) >= 11 is 7.86. The minimum absolute atomic E-state index is 0.591. The topological polar surface area (TPSA) is 21.3 Å². The second kappa shape index (κ2) is 9.73. The third kappa shape index (κ3) is 6.60. The van der Waals surface area contributed by atoms with E-state index in [1.54, 1.807) is 0 Å². The first kappa shape index (κ1) is 17.1. The smallest absolute Gasteiger partial charge is 0.0468 e. The molecular formula is C17H26ClNOS. The van der Waals surface area contributed by atoms with E-state index in [0.29, 0.717) is 6.04 Å². The van der Waals surface area contributed by atoms with Crippen molar-refractivity contribution < 1.29 is 4.74 Å². The van der Waals surface area contributed by atoms with Crippen molar-refractivity contribution in [3.05, 3.63) is 29.3 Å². The lowest BCUT2D eigenvalue weighted by Crippen LogP contribution is -2.35. The molecule has 1 heterocycles. The van der Waals surface area contributed by atoms with Crippen molar-refractivity contribution in [1.29, 1.82) is 0 Å². The van der Waals surface area contributed by atoms with Gasteiger partial charge in [-0.25, -0.2) is 0 Å². The molecule has 0 saturated carbocycles. The van der Waals surface area contributed by atoms with E-state index in [4.69, 9.17) is 16.3 Å². The molecule has 0 spiro atoms. The van der Waals surface area contributed by atoms with Crippen LogP contribution < -0.4 is 5.32 Å². The van der Waals surface area contributed by atoms with E-state index in [9.17, 15) is 0 Å². The Morgan fingerprint density at radius 1 is 1.29 bits per heavy atom. The molecule has 1 unspecified atom stereocenters. The summed E-state index contributed by atoms with van der Waals surface area (Å²) in [6.07, 6.45) is 4.89. The van der Waals surface area contributed by atoms with Crippen LogP contribution in [-0.4, -0.2) is 31.6 Å². The van der Waals surface area contributed by atoms with E-state index in [1.165, 1.54) is 30.6 Å². The average Bonchev–Trinajstić information content (AvgIpc) is 2.52. The van der Waals surface area contributed by atoms with Gasteiger partial charge in [0.1, 0.15) is 0 Å². The molecule has 1 N–H and O–H groups in total. The van der Waals surface area contributed by atoms with E-state index >= 15 is 0 Å². The zero-order chi connectivity index (χ0) is 14.9. The number of halogens is 1. The van der Waals surface area contributed by atoms with E-state index < -0.39 is 0 Å². The van der Waals surface area contributed by atoms with Crippen molar-refractivity contribution >= 4 is 23.4 Å². The van der Waals surface area contributed by atoms with Crippen molar-refractivity contribution in [2.45, 2.75) is 43.5 Å². The highest BCUT2D eigenvalue weighted by Crippen LogP contribution is 2.25. The Morgan fingerprint density at radius 2 is 2.00 bits per heavy atom. The molecule has 4 heteroatoms. The average molecular weight is 328 g/mol. The summed E-state index contributed by atoms with van der Waals surface area (Å²) in [6.45, 7) is 5.21. The molecule has 1 fully saturated rings. The largest absolute Gasteiger partial charge is 0.381 e. The van der Waals surface area contributed by atoms with Crippen LogP contribution in [0.25, 0.3) is 0 Å². The number of hydrogen-bond acceptors (Lipinski definition) is 3. The molecule has 1 atom stereocenters. The maximum Gasteiger partial charge on any atom is 0.0468 e. The van der Waals surface area contributed by atoms with Crippen LogP contribution in [0.15, 0.2) is 29.2 Å². The van der Waals surface area contributed by atoms with Gasteiger partial charge in [0.05, 0.1) is 0 Å². The molecule has 0 radical (unpaired) electrons. The Kier molecular flexibility index (Phi) is 7.94. The standard InChI is InChI=1S/C17H26ClNOS/c1-2-9-19-16(12-14-7-10-20-11-8-14)13-21-17-5-3-15(18)4-6-17/h3-6,14,16,19H,2,7-13H2,1H3. The lowest BCUT2D eigenvalue weighted by atomic mass is 9.93. The molecule has 1 aromatic rings. The number of benzene rings is 1. The molecule has 1 aliphatic heterocycles. The predicted molar refractivity (Wildman–Crippen MR) is 92.4 cm³/mol. The summed E-state index contributed by atoms with van der Waals surface area (Å²) < 4.78 is 5.46. The molecule has 0 amide bonds. The van der Waals surface area contributed by atoms with Gasteiger partial charge in [-0.1, -0.05) is 18.5 Å². The fraction of sp³-hybridized carbons (Fsp3) is 0.647. The van der Waals surface area contributed by atoms with Crippen LogP contribution in [0.2, 0.25) is 5.02 Å². The molecule has 1 aromatic carbocycles. The Labute approximate surface area is 138 Å². The lowest BCUT2D eigenvalue weighted by molar-refractivity contribution is 0.0613. The summed E-state index contributed by atoms with van der Waals surface area (Å²) in [5, 5.41) is 4.52. The van der Waals surface area contributed by atoms with Crippen LogP contribution in [-0.2, 0) is 4.74 Å². The van der Waals surface area contributed by atoms with Gasteiger partial charge in [-0.05, 0) is 62.4 Å². The molecule has 0 aromatic heterocycles. The third-order valence-corrected chi connectivity index (χ3v) is 5.33. The highest BCUT2D eigenvalue weighted by Gasteiger charge is 2.19. The predicted octanol–water partition coefficient (Wildman–Crippen LogP) is 4.62. The van der Waals surface area contributed by atoms with Gasteiger partial charge >= 0.3 is 0 Å².